The van der Waals surface area contributed by atoms with Gasteiger partial charge in [0.15, 0.2) is 5.16 Å². The number of hydrogen-bond donors (Lipinski definition) is 1. The molecule has 34 heavy (non-hydrogen) atoms. The summed E-state index contributed by atoms with van der Waals surface area (Å²) in [6.07, 6.45) is 0. The van der Waals surface area contributed by atoms with Crippen LogP contribution in [0.2, 0.25) is 0 Å². The lowest BCUT2D eigenvalue weighted by atomic mass is 10.1. The van der Waals surface area contributed by atoms with Gasteiger partial charge in [-0.2, -0.15) is 0 Å². The quantitative estimate of drug-likeness (QED) is 0.183. The molecule has 0 spiro atoms. The van der Waals surface area contributed by atoms with Crippen LogP contribution >= 0.6 is 11.8 Å². The molecular formula is C25H22N4O4S. The number of nitrogens with zero attached hydrogens (tertiary/aromatic N) is 3. The number of carbonyl (C=O) groups is 1. The predicted octanol–water partition coefficient (Wildman–Crippen LogP) is 4.95. The van der Waals surface area contributed by atoms with Crippen LogP contribution in [0, 0.1) is 30.9 Å². The Bertz CT molecular complexity index is 1500. The number of rotatable bonds is 6. The number of aryl methyl sites for hydroxylation is 3. The molecule has 0 fully saturated rings. The van der Waals surface area contributed by atoms with Crippen LogP contribution in [0.25, 0.3) is 16.6 Å². The molecule has 1 aromatic heterocycles. The molecule has 0 saturated carbocycles. The predicted molar refractivity (Wildman–Crippen MR) is 134 cm³/mol. The maximum atomic E-state index is 13.4. The molecule has 1 amide bonds. The zero-order valence-corrected chi connectivity index (χ0v) is 19.7. The maximum Gasteiger partial charge on any atom is 0.269 e. The van der Waals surface area contributed by atoms with Crippen LogP contribution in [0.15, 0.2) is 70.6 Å². The van der Waals surface area contributed by atoms with Crippen molar-refractivity contribution in [3.8, 4) is 5.69 Å². The Kier molecular flexibility index (Phi) is 6.47. The van der Waals surface area contributed by atoms with Crippen molar-refractivity contribution in [2.24, 2.45) is 0 Å². The fourth-order valence-electron chi connectivity index (χ4n) is 3.52. The molecule has 0 bridgehead atoms. The van der Waals surface area contributed by atoms with Crippen molar-refractivity contribution in [3.63, 3.8) is 0 Å². The minimum Gasteiger partial charge on any atom is -0.325 e. The number of nitro benzene ring substituents is 1. The minimum absolute atomic E-state index is 0.00600. The zero-order valence-electron chi connectivity index (χ0n) is 18.9. The Balaban J connectivity index is 1.65. The zero-order chi connectivity index (χ0) is 24.4. The Morgan fingerprint density at radius 3 is 2.50 bits per heavy atom. The molecule has 172 valence electrons. The maximum absolute atomic E-state index is 13.4. The molecule has 0 unspecified atom stereocenters. The molecule has 4 aromatic rings. The van der Waals surface area contributed by atoms with Gasteiger partial charge in [-0.1, -0.05) is 30.0 Å². The molecule has 9 heteroatoms. The van der Waals surface area contributed by atoms with Crippen LogP contribution in [-0.4, -0.2) is 26.1 Å². The summed E-state index contributed by atoms with van der Waals surface area (Å²) in [5.74, 6) is -0.303. The van der Waals surface area contributed by atoms with E-state index in [0.29, 0.717) is 33.0 Å². The van der Waals surface area contributed by atoms with Crippen molar-refractivity contribution >= 4 is 39.9 Å². The topological polar surface area (TPSA) is 107 Å². The first-order valence-electron chi connectivity index (χ1n) is 10.5. The van der Waals surface area contributed by atoms with Crippen LogP contribution in [0.3, 0.4) is 0 Å². The highest BCUT2D eigenvalue weighted by Crippen LogP contribution is 2.24. The number of para-hydroxylation sites is 1. The van der Waals surface area contributed by atoms with E-state index in [1.54, 1.807) is 25.1 Å². The van der Waals surface area contributed by atoms with E-state index in [1.807, 2.05) is 38.1 Å². The van der Waals surface area contributed by atoms with Crippen molar-refractivity contribution in [1.82, 2.24) is 9.55 Å². The number of benzene rings is 3. The van der Waals surface area contributed by atoms with Crippen LogP contribution in [0.4, 0.5) is 11.4 Å². The summed E-state index contributed by atoms with van der Waals surface area (Å²) in [4.78, 5) is 41.2. The Morgan fingerprint density at radius 2 is 1.79 bits per heavy atom. The van der Waals surface area contributed by atoms with Crippen LogP contribution < -0.4 is 10.9 Å². The molecule has 0 aliphatic heterocycles. The third-order valence-electron chi connectivity index (χ3n) is 5.52. The summed E-state index contributed by atoms with van der Waals surface area (Å²) in [6.45, 7) is 5.67. The lowest BCUT2D eigenvalue weighted by molar-refractivity contribution is -0.384. The van der Waals surface area contributed by atoms with E-state index in [9.17, 15) is 19.7 Å². The monoisotopic (exact) mass is 474 g/mol. The van der Waals surface area contributed by atoms with Gasteiger partial charge in [0.05, 0.1) is 27.3 Å². The first-order valence-corrected chi connectivity index (χ1v) is 11.5. The van der Waals surface area contributed by atoms with Crippen molar-refractivity contribution in [1.29, 1.82) is 0 Å². The number of nitrogens with one attached hydrogen (secondary N) is 1. The standard InChI is InChI=1S/C25H22N4O4S/c1-15-8-9-18(12-16(15)2)28-24(31)20-6-4-5-7-22(20)27-25(28)34-14-23(30)26-21-11-10-19(29(32)33)13-17(21)3/h4-13H,14H2,1-3H3,(H,26,30). The first kappa shape index (κ1) is 23.2. The molecular weight excluding hydrogens is 452 g/mol. The number of fused-ring (bicyclic) bond motifs is 1. The fourth-order valence-corrected chi connectivity index (χ4v) is 4.33. The summed E-state index contributed by atoms with van der Waals surface area (Å²) in [6, 6.07) is 17.1. The molecule has 0 aliphatic carbocycles. The summed E-state index contributed by atoms with van der Waals surface area (Å²) < 4.78 is 1.53. The summed E-state index contributed by atoms with van der Waals surface area (Å²) in [7, 11) is 0. The second-order valence-corrected chi connectivity index (χ2v) is 8.86. The van der Waals surface area contributed by atoms with E-state index >= 15 is 0 Å². The van der Waals surface area contributed by atoms with E-state index in [4.69, 9.17) is 0 Å². The molecule has 3 aromatic carbocycles. The lowest BCUT2D eigenvalue weighted by Crippen LogP contribution is -2.23. The number of thioether (sulfide) groups is 1. The smallest absolute Gasteiger partial charge is 0.269 e. The summed E-state index contributed by atoms with van der Waals surface area (Å²) in [5.41, 5.74) is 4.22. The molecule has 1 heterocycles. The summed E-state index contributed by atoms with van der Waals surface area (Å²) >= 11 is 1.15. The SMILES string of the molecule is Cc1ccc(-n2c(SCC(=O)Nc3ccc([N+](=O)[O-])cc3C)nc3ccccc3c2=O)cc1C. The summed E-state index contributed by atoms with van der Waals surface area (Å²) in [5, 5.41) is 14.6. The highest BCUT2D eigenvalue weighted by Gasteiger charge is 2.16. The van der Waals surface area contributed by atoms with Crippen molar-refractivity contribution in [3.05, 3.63) is 97.8 Å². The molecule has 1 N–H and O–H groups in total. The van der Waals surface area contributed by atoms with Gasteiger partial charge in [-0.15, -0.1) is 0 Å². The van der Waals surface area contributed by atoms with E-state index in [2.05, 4.69) is 10.3 Å². The number of aromatic nitrogens is 2. The number of non-ortho nitro benzene ring substituents is 1. The van der Waals surface area contributed by atoms with Gasteiger partial charge < -0.3 is 5.32 Å². The van der Waals surface area contributed by atoms with E-state index in [1.165, 1.54) is 22.8 Å². The van der Waals surface area contributed by atoms with Crippen LogP contribution in [-0.2, 0) is 4.79 Å². The van der Waals surface area contributed by atoms with Gasteiger partial charge in [0, 0.05) is 17.8 Å². The molecule has 4 rings (SSSR count). The second-order valence-electron chi connectivity index (χ2n) is 7.91. The highest BCUT2D eigenvalue weighted by molar-refractivity contribution is 7.99. The number of hydrogen-bond acceptors (Lipinski definition) is 6. The molecule has 0 saturated heterocycles. The average Bonchev–Trinajstić information content (AvgIpc) is 2.81. The van der Waals surface area contributed by atoms with Gasteiger partial charge in [-0.3, -0.25) is 24.3 Å². The molecule has 0 radical (unpaired) electrons. The fraction of sp³-hybridized carbons (Fsp3) is 0.160. The Labute approximate surface area is 199 Å². The van der Waals surface area contributed by atoms with Crippen molar-refractivity contribution < 1.29 is 9.72 Å². The average molecular weight is 475 g/mol. The minimum atomic E-state index is -0.480. The second kappa shape index (κ2) is 9.48. The highest BCUT2D eigenvalue weighted by atomic mass is 32.2. The van der Waals surface area contributed by atoms with Crippen LogP contribution in [0.5, 0.6) is 0 Å². The van der Waals surface area contributed by atoms with Crippen molar-refractivity contribution in [2.75, 3.05) is 11.1 Å². The lowest BCUT2D eigenvalue weighted by Gasteiger charge is -2.14. The van der Waals surface area contributed by atoms with E-state index in [0.717, 1.165) is 22.9 Å². The third-order valence-corrected chi connectivity index (χ3v) is 6.46. The normalized spacial score (nSPS) is 10.9. The molecule has 8 nitrogen and oxygen atoms in total. The van der Waals surface area contributed by atoms with Crippen LogP contribution in [0.1, 0.15) is 16.7 Å². The van der Waals surface area contributed by atoms with Gasteiger partial charge >= 0.3 is 0 Å². The largest absolute Gasteiger partial charge is 0.325 e. The van der Waals surface area contributed by atoms with Gasteiger partial charge in [0.25, 0.3) is 11.2 Å². The molecule has 0 atom stereocenters. The number of nitro groups is 1. The Morgan fingerprint density at radius 1 is 1.03 bits per heavy atom. The number of amides is 1. The number of anilines is 1. The van der Waals surface area contributed by atoms with Gasteiger partial charge in [0.2, 0.25) is 5.91 Å². The number of carbonyl (C=O) groups excluding carboxylic acids is 1. The van der Waals surface area contributed by atoms with Crippen molar-refractivity contribution in [2.45, 2.75) is 25.9 Å². The van der Waals surface area contributed by atoms with E-state index < -0.39 is 4.92 Å². The van der Waals surface area contributed by atoms with Gasteiger partial charge in [-0.25, -0.2) is 4.98 Å². The van der Waals surface area contributed by atoms with E-state index in [-0.39, 0.29) is 22.9 Å². The first-order chi connectivity index (χ1) is 16.2. The Hall–Kier alpha value is -3.98. The third kappa shape index (κ3) is 4.69. The molecule has 0 aliphatic rings. The van der Waals surface area contributed by atoms with Gasteiger partial charge in [-0.05, 0) is 67.8 Å². The van der Waals surface area contributed by atoms with Gasteiger partial charge in [0.1, 0.15) is 0 Å².